The van der Waals surface area contributed by atoms with Crippen molar-refractivity contribution in [3.05, 3.63) is 59.1 Å². The van der Waals surface area contributed by atoms with Crippen molar-refractivity contribution in [2.45, 2.75) is 5.75 Å². The van der Waals surface area contributed by atoms with E-state index in [0.29, 0.717) is 18.0 Å². The van der Waals surface area contributed by atoms with Gasteiger partial charge in [0.1, 0.15) is 5.75 Å². The van der Waals surface area contributed by atoms with Crippen LogP contribution in [0.4, 0.5) is 10.5 Å². The first-order valence-corrected chi connectivity index (χ1v) is 8.72. The molecule has 122 valence electrons. The van der Waals surface area contributed by atoms with Gasteiger partial charge in [0.15, 0.2) is 0 Å². The number of carbonyl (C=O) groups is 1. The third kappa shape index (κ3) is 6.42. The van der Waals surface area contributed by atoms with Gasteiger partial charge in [0.25, 0.3) is 0 Å². The second-order valence-electron chi connectivity index (χ2n) is 4.80. The third-order valence-electron chi connectivity index (χ3n) is 3.02. The van der Waals surface area contributed by atoms with Crippen molar-refractivity contribution >= 4 is 35.1 Å². The van der Waals surface area contributed by atoms with E-state index in [-0.39, 0.29) is 6.03 Å². The molecule has 0 heterocycles. The summed E-state index contributed by atoms with van der Waals surface area (Å²) in [6, 6.07) is 14.8. The summed E-state index contributed by atoms with van der Waals surface area (Å²) in [4.78, 5) is 11.8. The second kappa shape index (κ2) is 9.33. The fourth-order valence-corrected chi connectivity index (χ4v) is 2.95. The quantitative estimate of drug-likeness (QED) is 0.727. The molecule has 2 amide bonds. The Kier molecular flexibility index (Phi) is 7.10. The van der Waals surface area contributed by atoms with Gasteiger partial charge in [0.05, 0.1) is 7.11 Å². The van der Waals surface area contributed by atoms with Gasteiger partial charge in [0.2, 0.25) is 0 Å². The van der Waals surface area contributed by atoms with Gasteiger partial charge in [-0.3, -0.25) is 0 Å². The summed E-state index contributed by atoms with van der Waals surface area (Å²) in [5, 5.41) is 6.35. The third-order valence-corrected chi connectivity index (χ3v) is 4.28. The number of benzene rings is 2. The maximum absolute atomic E-state index is 11.8. The maximum atomic E-state index is 11.8. The number of methoxy groups -OCH3 is 1. The highest BCUT2D eigenvalue weighted by atomic mass is 35.5. The van der Waals surface area contributed by atoms with Crippen LogP contribution in [0, 0.1) is 0 Å². The van der Waals surface area contributed by atoms with Crippen molar-refractivity contribution in [3.8, 4) is 5.75 Å². The predicted octanol–water partition coefficient (Wildman–Crippen LogP) is 4.40. The molecular weight excluding hydrogens is 332 g/mol. The number of hydrogen-bond donors (Lipinski definition) is 2. The van der Waals surface area contributed by atoms with Gasteiger partial charge < -0.3 is 15.4 Å². The lowest BCUT2D eigenvalue weighted by molar-refractivity contribution is 0.252. The maximum Gasteiger partial charge on any atom is 0.319 e. The zero-order valence-electron chi connectivity index (χ0n) is 12.8. The molecule has 4 nitrogen and oxygen atoms in total. The first-order valence-electron chi connectivity index (χ1n) is 7.18. The molecule has 2 N–H and O–H groups in total. The summed E-state index contributed by atoms with van der Waals surface area (Å²) < 4.78 is 5.12. The van der Waals surface area contributed by atoms with Crippen molar-refractivity contribution < 1.29 is 9.53 Å². The molecule has 0 fully saturated rings. The topological polar surface area (TPSA) is 50.4 Å². The van der Waals surface area contributed by atoms with Crippen LogP contribution in [0.5, 0.6) is 5.75 Å². The molecule has 2 rings (SSSR count). The lowest BCUT2D eigenvalue weighted by Gasteiger charge is -2.08. The minimum absolute atomic E-state index is 0.221. The lowest BCUT2D eigenvalue weighted by Crippen LogP contribution is -2.30. The van der Waals surface area contributed by atoms with Gasteiger partial charge in [-0.25, -0.2) is 4.79 Å². The number of rotatable bonds is 7. The minimum Gasteiger partial charge on any atom is -0.497 e. The van der Waals surface area contributed by atoms with Crippen LogP contribution >= 0.6 is 23.4 Å². The highest BCUT2D eigenvalue weighted by molar-refractivity contribution is 7.98. The summed E-state index contributed by atoms with van der Waals surface area (Å²) in [7, 11) is 1.59. The number of thioether (sulfide) groups is 1. The van der Waals surface area contributed by atoms with Crippen LogP contribution in [-0.2, 0) is 5.75 Å². The molecule has 6 heteroatoms. The van der Waals surface area contributed by atoms with Crippen molar-refractivity contribution in [3.63, 3.8) is 0 Å². The molecule has 2 aromatic rings. The van der Waals surface area contributed by atoms with Crippen LogP contribution in [0.15, 0.2) is 48.5 Å². The summed E-state index contributed by atoms with van der Waals surface area (Å²) in [5.41, 5.74) is 1.89. The van der Waals surface area contributed by atoms with Gasteiger partial charge in [-0.05, 0) is 29.8 Å². The second-order valence-corrected chi connectivity index (χ2v) is 6.34. The molecule has 0 radical (unpaired) electrons. The van der Waals surface area contributed by atoms with Gasteiger partial charge in [0, 0.05) is 34.8 Å². The summed E-state index contributed by atoms with van der Waals surface area (Å²) in [6.45, 7) is 0.598. The van der Waals surface area contributed by atoms with Crippen LogP contribution < -0.4 is 15.4 Å². The summed E-state index contributed by atoms with van der Waals surface area (Å²) in [5.74, 6) is 2.41. The monoisotopic (exact) mass is 350 g/mol. The Hall–Kier alpha value is -1.85. The van der Waals surface area contributed by atoms with Crippen LogP contribution in [0.2, 0.25) is 5.02 Å². The highest BCUT2D eigenvalue weighted by Gasteiger charge is 2.02. The summed E-state index contributed by atoms with van der Waals surface area (Å²) >= 11 is 7.69. The fraction of sp³-hybridized carbons (Fsp3) is 0.235. The molecule has 0 atom stereocenters. The number of halogens is 1. The molecular formula is C17H19ClN2O2S. The molecule has 0 saturated heterocycles. The molecule has 0 spiro atoms. The lowest BCUT2D eigenvalue weighted by atomic mass is 10.2. The molecule has 0 aromatic heterocycles. The Morgan fingerprint density at radius 1 is 1.22 bits per heavy atom. The van der Waals surface area contributed by atoms with E-state index in [0.717, 1.165) is 16.5 Å². The molecule has 0 aliphatic carbocycles. The van der Waals surface area contributed by atoms with Crippen molar-refractivity contribution in [1.29, 1.82) is 0 Å². The van der Waals surface area contributed by atoms with E-state index in [9.17, 15) is 4.79 Å². The van der Waals surface area contributed by atoms with Gasteiger partial charge in [-0.2, -0.15) is 11.8 Å². The van der Waals surface area contributed by atoms with Gasteiger partial charge >= 0.3 is 6.03 Å². The van der Waals surface area contributed by atoms with Crippen LogP contribution in [-0.4, -0.2) is 25.4 Å². The first-order chi connectivity index (χ1) is 11.2. The highest BCUT2D eigenvalue weighted by Crippen LogP contribution is 2.17. The molecule has 0 saturated carbocycles. The zero-order valence-corrected chi connectivity index (χ0v) is 14.4. The first kappa shape index (κ1) is 17.5. The smallest absolute Gasteiger partial charge is 0.319 e. The number of carbonyl (C=O) groups excluding carboxylic acids is 1. The Morgan fingerprint density at radius 3 is 2.83 bits per heavy atom. The van der Waals surface area contributed by atoms with Gasteiger partial charge in [-0.1, -0.05) is 29.8 Å². The van der Waals surface area contributed by atoms with Crippen LogP contribution in [0.3, 0.4) is 0 Å². The molecule has 0 aliphatic rings. The average Bonchev–Trinajstić information content (AvgIpc) is 2.55. The van der Waals surface area contributed by atoms with Crippen molar-refractivity contribution in [1.82, 2.24) is 5.32 Å². The number of ether oxygens (including phenoxy) is 1. The zero-order chi connectivity index (χ0) is 16.5. The molecule has 0 unspecified atom stereocenters. The summed E-state index contributed by atoms with van der Waals surface area (Å²) in [6.07, 6.45) is 0. The van der Waals surface area contributed by atoms with E-state index in [1.165, 1.54) is 5.56 Å². The van der Waals surface area contributed by atoms with E-state index in [2.05, 4.69) is 10.6 Å². The standard InChI is InChI=1S/C17H19ClN2O2S/c1-22-16-7-3-6-15(11-16)20-17(21)19-8-9-23-12-13-4-2-5-14(18)10-13/h2-7,10-11H,8-9,12H2,1H3,(H2,19,20,21). The Balaban J connectivity index is 1.64. The number of hydrogen-bond acceptors (Lipinski definition) is 3. The number of anilines is 1. The average molecular weight is 351 g/mol. The Morgan fingerprint density at radius 2 is 2.04 bits per heavy atom. The van der Waals surface area contributed by atoms with E-state index >= 15 is 0 Å². The van der Waals surface area contributed by atoms with Crippen molar-refractivity contribution in [2.24, 2.45) is 0 Å². The molecule has 2 aromatic carbocycles. The minimum atomic E-state index is -0.221. The largest absolute Gasteiger partial charge is 0.497 e. The number of amides is 2. The SMILES string of the molecule is COc1cccc(NC(=O)NCCSCc2cccc(Cl)c2)c1. The van der Waals surface area contributed by atoms with E-state index in [1.54, 1.807) is 24.9 Å². The Bertz CT molecular complexity index is 652. The molecule has 23 heavy (non-hydrogen) atoms. The fourth-order valence-electron chi connectivity index (χ4n) is 1.93. The normalized spacial score (nSPS) is 10.2. The van der Waals surface area contributed by atoms with Crippen molar-refractivity contribution in [2.75, 3.05) is 24.7 Å². The Labute approximate surface area is 145 Å². The van der Waals surface area contributed by atoms with E-state index in [4.69, 9.17) is 16.3 Å². The molecule has 0 bridgehead atoms. The van der Waals surface area contributed by atoms with Crippen LogP contribution in [0.1, 0.15) is 5.56 Å². The van der Waals surface area contributed by atoms with Crippen LogP contribution in [0.25, 0.3) is 0 Å². The number of nitrogens with one attached hydrogen (secondary N) is 2. The van der Waals surface area contributed by atoms with E-state index in [1.807, 2.05) is 42.5 Å². The predicted molar refractivity (Wildman–Crippen MR) is 97.6 cm³/mol. The van der Waals surface area contributed by atoms with E-state index < -0.39 is 0 Å². The van der Waals surface area contributed by atoms with Gasteiger partial charge in [-0.15, -0.1) is 0 Å². The molecule has 0 aliphatic heterocycles. The number of urea groups is 1.